The lowest BCUT2D eigenvalue weighted by molar-refractivity contribution is 0.394. The molecule has 0 aromatic carbocycles. The van der Waals surface area contributed by atoms with Gasteiger partial charge in [0.25, 0.3) is 10.2 Å². The van der Waals surface area contributed by atoms with Crippen molar-refractivity contribution in [3.05, 3.63) is 0 Å². The molecule has 0 spiro atoms. The zero-order valence-electron chi connectivity index (χ0n) is 10.0. The summed E-state index contributed by atoms with van der Waals surface area (Å²) in [5.41, 5.74) is -0.499. The lowest BCUT2D eigenvalue weighted by Gasteiger charge is -2.31. The molecule has 4 nitrogen and oxygen atoms in total. The van der Waals surface area contributed by atoms with Gasteiger partial charge in [-0.1, -0.05) is 36.7 Å². The third kappa shape index (κ3) is 4.38. The maximum atomic E-state index is 11.9. The van der Waals surface area contributed by atoms with Gasteiger partial charge in [-0.05, 0) is 13.8 Å². The number of halogens is 1. The van der Waals surface area contributed by atoms with E-state index < -0.39 is 15.7 Å². The van der Waals surface area contributed by atoms with Crippen LogP contribution in [0.4, 0.5) is 0 Å². The summed E-state index contributed by atoms with van der Waals surface area (Å²) in [5, 5.41) is 0. The molecule has 0 aliphatic heterocycles. The van der Waals surface area contributed by atoms with Gasteiger partial charge in [-0.15, -0.1) is 0 Å². The fourth-order valence-corrected chi connectivity index (χ4v) is 2.96. The molecule has 1 unspecified atom stereocenters. The fourth-order valence-electron chi connectivity index (χ4n) is 1.04. The Hall–Kier alpha value is 0.350. The van der Waals surface area contributed by atoms with Crippen molar-refractivity contribution < 1.29 is 8.42 Å². The predicted molar refractivity (Wildman–Crippen MR) is 67.4 cm³/mol. The molecule has 0 rings (SSSR count). The molecule has 0 saturated carbocycles. The fraction of sp³-hybridized carbons (Fsp3) is 1.00. The minimum atomic E-state index is -3.37. The van der Waals surface area contributed by atoms with E-state index in [0.29, 0.717) is 13.1 Å². The minimum Gasteiger partial charge on any atom is -0.195 e. The molecule has 6 heteroatoms. The van der Waals surface area contributed by atoms with E-state index in [0.717, 1.165) is 0 Å². The van der Waals surface area contributed by atoms with Crippen molar-refractivity contribution in [1.29, 1.82) is 0 Å². The van der Waals surface area contributed by atoms with Gasteiger partial charge in [-0.2, -0.15) is 17.4 Å². The summed E-state index contributed by atoms with van der Waals surface area (Å²) in [4.78, 5) is 0.0651. The molecule has 92 valence electrons. The number of nitrogens with one attached hydrogen (secondary N) is 1. The highest BCUT2D eigenvalue weighted by atomic mass is 79.9. The molecule has 0 saturated heterocycles. The molecule has 0 aromatic rings. The Morgan fingerprint density at radius 3 is 2.00 bits per heavy atom. The first kappa shape index (κ1) is 15.3. The first-order valence-corrected chi connectivity index (χ1v) is 7.46. The van der Waals surface area contributed by atoms with Crippen LogP contribution in [0.5, 0.6) is 0 Å². The maximum Gasteiger partial charge on any atom is 0.279 e. The topological polar surface area (TPSA) is 49.4 Å². The first-order chi connectivity index (χ1) is 6.67. The largest absolute Gasteiger partial charge is 0.279 e. The van der Waals surface area contributed by atoms with E-state index in [1.165, 1.54) is 4.31 Å². The van der Waals surface area contributed by atoms with Gasteiger partial charge in [-0.25, -0.2) is 0 Å². The van der Waals surface area contributed by atoms with Crippen molar-refractivity contribution in [3.63, 3.8) is 0 Å². The van der Waals surface area contributed by atoms with Crippen molar-refractivity contribution in [2.24, 2.45) is 0 Å². The molecule has 0 heterocycles. The van der Waals surface area contributed by atoms with Gasteiger partial charge in [0.05, 0.1) is 0 Å². The van der Waals surface area contributed by atoms with E-state index in [1.54, 1.807) is 0 Å². The van der Waals surface area contributed by atoms with Crippen LogP contribution in [0.15, 0.2) is 0 Å². The van der Waals surface area contributed by atoms with Crippen molar-refractivity contribution in [1.82, 2.24) is 9.03 Å². The van der Waals surface area contributed by atoms with E-state index in [9.17, 15) is 8.42 Å². The summed E-state index contributed by atoms with van der Waals surface area (Å²) in [6.45, 7) is 10.3. The third-order valence-electron chi connectivity index (χ3n) is 2.43. The number of alkyl halides is 1. The van der Waals surface area contributed by atoms with Crippen molar-refractivity contribution in [3.8, 4) is 0 Å². The second kappa shape index (κ2) is 5.61. The van der Waals surface area contributed by atoms with Crippen molar-refractivity contribution >= 4 is 26.1 Å². The van der Waals surface area contributed by atoms with Crippen LogP contribution in [0, 0.1) is 0 Å². The van der Waals surface area contributed by atoms with Crippen molar-refractivity contribution in [2.75, 3.05) is 13.1 Å². The van der Waals surface area contributed by atoms with Crippen LogP contribution in [0.3, 0.4) is 0 Å². The number of rotatable bonds is 6. The van der Waals surface area contributed by atoms with Gasteiger partial charge in [0.1, 0.15) is 0 Å². The van der Waals surface area contributed by atoms with Gasteiger partial charge < -0.3 is 0 Å². The Morgan fingerprint density at radius 1 is 1.33 bits per heavy atom. The summed E-state index contributed by atoms with van der Waals surface area (Å²) in [7, 11) is -3.37. The highest BCUT2D eigenvalue weighted by Crippen LogP contribution is 2.18. The lowest BCUT2D eigenvalue weighted by atomic mass is 10.0. The van der Waals surface area contributed by atoms with Crippen LogP contribution < -0.4 is 4.72 Å². The smallest absolute Gasteiger partial charge is 0.195 e. The molecule has 15 heavy (non-hydrogen) atoms. The van der Waals surface area contributed by atoms with E-state index in [4.69, 9.17) is 0 Å². The minimum absolute atomic E-state index is 0.0651. The van der Waals surface area contributed by atoms with Crippen LogP contribution in [0.2, 0.25) is 0 Å². The molecule has 1 N–H and O–H groups in total. The van der Waals surface area contributed by atoms with E-state index >= 15 is 0 Å². The number of hydrogen-bond donors (Lipinski definition) is 1. The van der Waals surface area contributed by atoms with E-state index in [1.807, 2.05) is 34.6 Å². The average molecular weight is 301 g/mol. The van der Waals surface area contributed by atoms with Gasteiger partial charge >= 0.3 is 0 Å². The molecule has 0 radical (unpaired) electrons. The average Bonchev–Trinajstić information content (AvgIpc) is 2.03. The molecule has 0 amide bonds. The molecular weight excluding hydrogens is 280 g/mol. The highest BCUT2D eigenvalue weighted by Gasteiger charge is 2.31. The van der Waals surface area contributed by atoms with Crippen LogP contribution in [-0.4, -0.2) is 36.2 Å². The van der Waals surface area contributed by atoms with E-state index in [-0.39, 0.29) is 4.83 Å². The first-order valence-electron chi connectivity index (χ1n) is 5.10. The quantitative estimate of drug-likeness (QED) is 0.760. The Bertz CT molecular complexity index is 284. The summed E-state index contributed by atoms with van der Waals surface area (Å²) in [6, 6.07) is 0. The SMILES string of the molecule is CCN(CC)S(=O)(=O)NC(C)(C)C(C)Br. The van der Waals surface area contributed by atoms with Crippen LogP contribution in [0.25, 0.3) is 0 Å². The Kier molecular flexibility index (Phi) is 5.74. The molecule has 0 aromatic heterocycles. The monoisotopic (exact) mass is 300 g/mol. The second-order valence-corrected chi connectivity index (χ2v) is 7.07. The van der Waals surface area contributed by atoms with Gasteiger partial charge in [-0.3, -0.25) is 0 Å². The van der Waals surface area contributed by atoms with Crippen molar-refractivity contribution in [2.45, 2.75) is 45.0 Å². The highest BCUT2D eigenvalue weighted by molar-refractivity contribution is 9.09. The predicted octanol–water partition coefficient (Wildman–Crippen LogP) is 1.72. The summed E-state index contributed by atoms with van der Waals surface area (Å²) < 4.78 is 27.9. The van der Waals surface area contributed by atoms with Gasteiger partial charge in [0, 0.05) is 23.5 Å². The van der Waals surface area contributed by atoms with Crippen LogP contribution in [0.1, 0.15) is 34.6 Å². The molecule has 0 aliphatic rings. The standard InChI is InChI=1S/C9H21BrN2O2S/c1-6-12(7-2)15(13,14)11-9(4,5)8(3)10/h8,11H,6-7H2,1-5H3. The lowest BCUT2D eigenvalue weighted by Crippen LogP contribution is -2.53. The van der Waals surface area contributed by atoms with Crippen LogP contribution in [-0.2, 0) is 10.2 Å². The second-order valence-electron chi connectivity index (χ2n) is 4.03. The summed E-state index contributed by atoms with van der Waals surface area (Å²) in [5.74, 6) is 0. The van der Waals surface area contributed by atoms with E-state index in [2.05, 4.69) is 20.7 Å². The molecule has 0 aliphatic carbocycles. The zero-order valence-corrected chi connectivity index (χ0v) is 12.4. The normalized spacial score (nSPS) is 15.7. The van der Waals surface area contributed by atoms with Crippen LogP contribution >= 0.6 is 15.9 Å². The zero-order chi connectivity index (χ0) is 12.3. The van der Waals surface area contributed by atoms with Gasteiger partial charge in [0.2, 0.25) is 0 Å². The molecule has 1 atom stereocenters. The molecule has 0 bridgehead atoms. The van der Waals surface area contributed by atoms with Gasteiger partial charge in [0.15, 0.2) is 0 Å². The summed E-state index contributed by atoms with van der Waals surface area (Å²) in [6.07, 6.45) is 0. The Morgan fingerprint density at radius 2 is 1.73 bits per heavy atom. The third-order valence-corrected chi connectivity index (χ3v) is 5.56. The summed E-state index contributed by atoms with van der Waals surface area (Å²) >= 11 is 3.40. The molecular formula is C9H21BrN2O2S. The molecule has 0 fully saturated rings. The number of hydrogen-bond acceptors (Lipinski definition) is 2. The Balaban J connectivity index is 4.79. The maximum absolute atomic E-state index is 11.9. The Labute approximate surface area is 102 Å². The number of nitrogens with zero attached hydrogens (tertiary/aromatic N) is 1.